The van der Waals surface area contributed by atoms with Gasteiger partial charge in [-0.3, -0.25) is 19.2 Å². The fourth-order valence-corrected chi connectivity index (χ4v) is 6.40. The lowest BCUT2D eigenvalue weighted by Gasteiger charge is -2.23. The Labute approximate surface area is 368 Å². The summed E-state index contributed by atoms with van der Waals surface area (Å²) in [5.41, 5.74) is 29.6. The zero-order chi connectivity index (χ0) is 46.4. The number of nitrogens with zero attached hydrogens (tertiary/aromatic N) is 4. The van der Waals surface area contributed by atoms with Crippen LogP contribution in [0, 0.1) is 22.7 Å². The Bertz CT molecular complexity index is 2420. The third-order valence-electron chi connectivity index (χ3n) is 8.63. The predicted molar refractivity (Wildman–Crippen MR) is 225 cm³/mol. The maximum Gasteiger partial charge on any atom is 0.328 e. The first-order chi connectivity index (χ1) is 29.9. The molecule has 2 aromatic carbocycles. The lowest BCUT2D eigenvalue weighted by atomic mass is 9.97. The number of anilines is 1. The summed E-state index contributed by atoms with van der Waals surface area (Å²) in [6.45, 7) is 1.53. The normalized spacial score (nSPS) is 13.1. The number of oxazole rings is 1. The highest BCUT2D eigenvalue weighted by Gasteiger charge is 2.28. The third kappa shape index (κ3) is 13.9. The van der Waals surface area contributed by atoms with Gasteiger partial charge in [0, 0.05) is 21.9 Å². The van der Waals surface area contributed by atoms with Gasteiger partial charge in [-0.2, -0.15) is 10.5 Å². The number of amides is 4. The molecular formula is C40H42ClN11O10S. The van der Waals surface area contributed by atoms with Crippen molar-refractivity contribution < 1.29 is 47.4 Å². The Hall–Kier alpha value is -7.24. The fraction of sp³-hybridized carbons (Fsp3) is 0.300. The van der Waals surface area contributed by atoms with Crippen LogP contribution in [0.5, 0.6) is 5.75 Å². The van der Waals surface area contributed by atoms with E-state index in [0.29, 0.717) is 27.7 Å². The van der Waals surface area contributed by atoms with E-state index in [4.69, 9.17) is 58.9 Å². The van der Waals surface area contributed by atoms with Gasteiger partial charge in [0.15, 0.2) is 6.10 Å². The van der Waals surface area contributed by atoms with E-state index in [1.807, 2.05) is 6.07 Å². The van der Waals surface area contributed by atoms with Crippen molar-refractivity contribution in [1.29, 1.82) is 10.5 Å². The number of nitriles is 2. The number of thioether (sulfide) groups is 1. The molecule has 1 unspecified atom stereocenters. The zero-order valence-electron chi connectivity index (χ0n) is 33.7. The monoisotopic (exact) mass is 903 g/mol. The van der Waals surface area contributed by atoms with Crippen LogP contribution in [0.1, 0.15) is 43.5 Å². The van der Waals surface area contributed by atoms with E-state index in [-0.39, 0.29) is 39.0 Å². The number of rotatable bonds is 21. The number of nitrogens with two attached hydrogens (primary N) is 5. The van der Waals surface area contributed by atoms with Gasteiger partial charge in [-0.25, -0.2) is 19.6 Å². The second-order valence-corrected chi connectivity index (χ2v) is 15.0. The van der Waals surface area contributed by atoms with E-state index in [2.05, 4.69) is 26.7 Å². The number of aromatic nitrogens is 2. The highest BCUT2D eigenvalue weighted by molar-refractivity contribution is 7.98. The van der Waals surface area contributed by atoms with Crippen LogP contribution < -0.4 is 44.0 Å². The van der Waals surface area contributed by atoms with Crippen LogP contribution in [0.2, 0.25) is 5.02 Å². The second-order valence-electron chi connectivity index (χ2n) is 13.6. The van der Waals surface area contributed by atoms with Gasteiger partial charge in [0.2, 0.25) is 29.5 Å². The molecule has 0 aliphatic carbocycles. The van der Waals surface area contributed by atoms with E-state index >= 15 is 0 Å². The Balaban J connectivity index is 1.50. The van der Waals surface area contributed by atoms with Crippen LogP contribution in [-0.4, -0.2) is 89.0 Å². The summed E-state index contributed by atoms with van der Waals surface area (Å²) in [6.07, 6.45) is -0.800. The molecule has 0 spiro atoms. The van der Waals surface area contributed by atoms with Crippen LogP contribution in [-0.2, 0) is 44.0 Å². The average molecular weight is 904 g/mol. The maximum absolute atomic E-state index is 13.1. The number of carbonyl (C=O) groups excluding carboxylic acids is 6. The standard InChI is InChI=1S/C40H42ClN11O10S/c1-19(49-35(55)29(44)11-31(46)53)39(57)61-17-26(62-40(58)20(2)50-36(56)30(45)12-32(47)54)16-59-25-9-5-21(6-10-25)33-27(13-42)34(48)52-38(28(33)14-43)63-18-24-15-60-37(51-24)22-3-7-23(41)8-4-22/h3-10,15,19-20,26,29-30H,11-12,16-18,44-45H2,1-2H3,(H2,46,53)(H2,47,54)(H2,48,52)(H,49,55)(H,50,56)/t19-,20?,26-,29-,30-/m0/s1. The molecule has 0 saturated carbocycles. The molecule has 4 aromatic rings. The summed E-state index contributed by atoms with van der Waals surface area (Å²) >= 11 is 7.15. The Morgan fingerprint density at radius 3 is 1.92 bits per heavy atom. The number of hydrogen-bond donors (Lipinski definition) is 7. The van der Waals surface area contributed by atoms with E-state index in [0.717, 1.165) is 11.8 Å². The van der Waals surface area contributed by atoms with Crippen LogP contribution in [0.15, 0.2) is 64.2 Å². The number of ether oxygens (including phenoxy) is 3. The van der Waals surface area contributed by atoms with Crippen LogP contribution >= 0.6 is 23.4 Å². The molecular weight excluding hydrogens is 862 g/mol. The SMILES string of the molecule is CC(NC(=O)[C@@H](N)CC(N)=O)C(=O)O[C@H](COC(=O)[C@H](C)NC(=O)[C@@H](N)CC(N)=O)COc1ccc(-c2c(C#N)c(N)nc(SCc3coc(-c4ccc(Cl)cc4)n3)c2C#N)cc1. The lowest BCUT2D eigenvalue weighted by Crippen LogP contribution is -2.50. The summed E-state index contributed by atoms with van der Waals surface area (Å²) < 4.78 is 22.3. The molecule has 21 nitrogen and oxygen atoms in total. The van der Waals surface area contributed by atoms with Gasteiger partial charge in [-0.15, -0.1) is 0 Å². The molecule has 4 rings (SSSR count). The second kappa shape index (κ2) is 22.6. The largest absolute Gasteiger partial charge is 0.490 e. The van der Waals surface area contributed by atoms with Gasteiger partial charge >= 0.3 is 11.9 Å². The summed E-state index contributed by atoms with van der Waals surface area (Å²) in [4.78, 5) is 81.7. The molecule has 0 aliphatic rings. The molecule has 23 heteroatoms. The Morgan fingerprint density at radius 2 is 1.37 bits per heavy atom. The summed E-state index contributed by atoms with van der Waals surface area (Å²) in [5.74, 6) is -4.67. The molecule has 0 radical (unpaired) electrons. The van der Waals surface area contributed by atoms with Crippen molar-refractivity contribution in [2.45, 2.75) is 67.7 Å². The lowest BCUT2D eigenvalue weighted by molar-refractivity contribution is -0.163. The molecule has 2 heterocycles. The number of primary amides is 2. The molecule has 12 N–H and O–H groups in total. The fourth-order valence-electron chi connectivity index (χ4n) is 5.40. The van der Waals surface area contributed by atoms with Crippen LogP contribution in [0.3, 0.4) is 0 Å². The van der Waals surface area contributed by atoms with Crippen molar-refractivity contribution in [3.63, 3.8) is 0 Å². The zero-order valence-corrected chi connectivity index (χ0v) is 35.2. The number of nitrogens with one attached hydrogen (secondary N) is 2. The Morgan fingerprint density at radius 1 is 0.810 bits per heavy atom. The molecule has 4 amide bonds. The van der Waals surface area contributed by atoms with Crippen molar-refractivity contribution in [3.8, 4) is 40.5 Å². The molecule has 330 valence electrons. The first-order valence-electron chi connectivity index (χ1n) is 18.7. The molecule has 0 bridgehead atoms. The topological polar surface area (TPSA) is 371 Å². The number of benzene rings is 2. The minimum atomic E-state index is -1.34. The van der Waals surface area contributed by atoms with Crippen molar-refractivity contribution in [3.05, 3.63) is 76.6 Å². The number of esters is 2. The number of halogens is 1. The smallest absolute Gasteiger partial charge is 0.328 e. The van der Waals surface area contributed by atoms with Crippen molar-refractivity contribution in [1.82, 2.24) is 20.6 Å². The van der Waals surface area contributed by atoms with Gasteiger partial charge < -0.3 is 57.9 Å². The number of pyridine rings is 1. The number of carbonyl (C=O) groups is 6. The van der Waals surface area contributed by atoms with E-state index in [1.165, 1.54) is 32.2 Å². The van der Waals surface area contributed by atoms with E-state index in [9.17, 15) is 39.3 Å². The van der Waals surface area contributed by atoms with Gasteiger partial charge in [0.1, 0.15) is 65.9 Å². The van der Waals surface area contributed by atoms with Gasteiger partial charge in [-0.1, -0.05) is 35.5 Å². The van der Waals surface area contributed by atoms with E-state index < -0.39 is 91.9 Å². The van der Waals surface area contributed by atoms with Gasteiger partial charge in [-0.05, 0) is 55.8 Å². The number of nitrogen functional groups attached to an aromatic ring is 1. The quantitative estimate of drug-likeness (QED) is 0.0451. The van der Waals surface area contributed by atoms with Crippen molar-refractivity contribution >= 4 is 64.7 Å². The minimum Gasteiger partial charge on any atom is -0.490 e. The van der Waals surface area contributed by atoms with E-state index in [1.54, 1.807) is 36.4 Å². The van der Waals surface area contributed by atoms with Gasteiger partial charge in [0.25, 0.3) is 0 Å². The molecule has 0 aliphatic heterocycles. The summed E-state index contributed by atoms with van der Waals surface area (Å²) in [7, 11) is 0. The first-order valence-corrected chi connectivity index (χ1v) is 20.0. The highest BCUT2D eigenvalue weighted by Crippen LogP contribution is 2.37. The predicted octanol–water partition coefficient (Wildman–Crippen LogP) is 0.923. The summed E-state index contributed by atoms with van der Waals surface area (Å²) in [6, 6.07) is 11.9. The molecule has 5 atom stereocenters. The molecule has 0 fully saturated rings. The third-order valence-corrected chi connectivity index (χ3v) is 9.89. The summed E-state index contributed by atoms with van der Waals surface area (Å²) in [5, 5.41) is 25.7. The minimum absolute atomic E-state index is 0.0399. The number of hydrogen-bond acceptors (Lipinski definition) is 18. The van der Waals surface area contributed by atoms with Crippen LogP contribution in [0.25, 0.3) is 22.6 Å². The van der Waals surface area contributed by atoms with Crippen molar-refractivity contribution in [2.75, 3.05) is 18.9 Å². The first kappa shape index (κ1) is 48.4. The van der Waals surface area contributed by atoms with Gasteiger partial charge in [0.05, 0.1) is 36.2 Å². The molecule has 63 heavy (non-hydrogen) atoms. The average Bonchev–Trinajstić information content (AvgIpc) is 3.72. The maximum atomic E-state index is 13.1. The van der Waals surface area contributed by atoms with Crippen molar-refractivity contribution in [2.24, 2.45) is 22.9 Å². The molecule has 2 aromatic heterocycles. The van der Waals surface area contributed by atoms with Crippen LogP contribution in [0.4, 0.5) is 5.82 Å². The Kier molecular flexibility index (Phi) is 17.3. The molecule has 0 saturated heterocycles. The highest BCUT2D eigenvalue weighted by atomic mass is 35.5.